The quantitative estimate of drug-likeness (QED) is 0.867. The van der Waals surface area contributed by atoms with E-state index in [4.69, 9.17) is 15.2 Å². The molecular formula is C17H16N2O4. The number of methoxy groups -OCH3 is 1. The van der Waals surface area contributed by atoms with E-state index in [1.807, 2.05) is 6.07 Å². The average Bonchev–Trinajstić information content (AvgIpc) is 2.54. The molecule has 6 nitrogen and oxygen atoms in total. The Kier molecular flexibility index (Phi) is 3.70. The number of carbonyl (C=O) groups excluding carboxylic acids is 1. The van der Waals surface area contributed by atoms with E-state index in [0.717, 1.165) is 0 Å². The number of phenols is 1. The van der Waals surface area contributed by atoms with Crippen molar-refractivity contribution >= 4 is 5.78 Å². The van der Waals surface area contributed by atoms with Gasteiger partial charge in [0.2, 0.25) is 5.88 Å². The van der Waals surface area contributed by atoms with Gasteiger partial charge in [0.15, 0.2) is 17.3 Å². The first kappa shape index (κ1) is 15.0. The summed E-state index contributed by atoms with van der Waals surface area (Å²) < 4.78 is 10.6. The van der Waals surface area contributed by atoms with Crippen LogP contribution in [-0.4, -0.2) is 18.0 Å². The number of carbonyl (C=O) groups is 1. The normalized spacial score (nSPS) is 20.7. The van der Waals surface area contributed by atoms with Crippen LogP contribution in [0, 0.1) is 11.3 Å². The first-order chi connectivity index (χ1) is 11.1. The molecule has 0 aromatic heterocycles. The molecule has 0 fully saturated rings. The van der Waals surface area contributed by atoms with E-state index in [1.165, 1.54) is 13.2 Å². The maximum Gasteiger partial charge on any atom is 0.205 e. The summed E-state index contributed by atoms with van der Waals surface area (Å²) in [6, 6.07) is 6.79. The summed E-state index contributed by atoms with van der Waals surface area (Å²) in [7, 11) is 1.44. The predicted octanol–water partition coefficient (Wildman–Crippen LogP) is 2.22. The van der Waals surface area contributed by atoms with Gasteiger partial charge in [-0.1, -0.05) is 6.07 Å². The maximum absolute atomic E-state index is 12.4. The van der Waals surface area contributed by atoms with E-state index >= 15 is 0 Å². The molecule has 0 saturated carbocycles. The summed E-state index contributed by atoms with van der Waals surface area (Å²) in [6.45, 7) is 0. The summed E-state index contributed by atoms with van der Waals surface area (Å²) >= 11 is 0. The fraction of sp³-hybridized carbons (Fsp3) is 0.294. The van der Waals surface area contributed by atoms with Crippen molar-refractivity contribution in [3.05, 3.63) is 46.6 Å². The van der Waals surface area contributed by atoms with Crippen LogP contribution in [0.15, 0.2) is 41.0 Å². The molecule has 23 heavy (non-hydrogen) atoms. The van der Waals surface area contributed by atoms with Crippen LogP contribution in [0.1, 0.15) is 30.7 Å². The molecular weight excluding hydrogens is 296 g/mol. The molecule has 0 spiro atoms. The van der Waals surface area contributed by atoms with E-state index < -0.39 is 5.92 Å². The van der Waals surface area contributed by atoms with Crippen LogP contribution in [-0.2, 0) is 9.53 Å². The highest BCUT2D eigenvalue weighted by atomic mass is 16.5. The summed E-state index contributed by atoms with van der Waals surface area (Å²) in [4.78, 5) is 12.4. The van der Waals surface area contributed by atoms with Crippen LogP contribution in [0.4, 0.5) is 0 Å². The van der Waals surface area contributed by atoms with Crippen LogP contribution in [0.5, 0.6) is 11.5 Å². The van der Waals surface area contributed by atoms with E-state index in [0.29, 0.717) is 36.2 Å². The lowest BCUT2D eigenvalue weighted by Crippen LogP contribution is -2.27. The Labute approximate surface area is 133 Å². The fourth-order valence-corrected chi connectivity index (χ4v) is 3.06. The number of nitrogens with zero attached hydrogens (tertiary/aromatic N) is 1. The molecule has 0 bridgehead atoms. The number of nitriles is 1. The zero-order chi connectivity index (χ0) is 16.6. The number of allylic oxidation sites excluding steroid dienone is 3. The molecule has 0 amide bonds. The smallest absolute Gasteiger partial charge is 0.205 e. The van der Waals surface area contributed by atoms with Gasteiger partial charge in [0, 0.05) is 18.4 Å². The maximum atomic E-state index is 12.4. The molecule has 2 aliphatic rings. The van der Waals surface area contributed by atoms with E-state index in [-0.39, 0.29) is 28.7 Å². The van der Waals surface area contributed by atoms with Crippen molar-refractivity contribution in [1.82, 2.24) is 0 Å². The lowest BCUT2D eigenvalue weighted by atomic mass is 9.77. The van der Waals surface area contributed by atoms with Crippen LogP contribution in [0.25, 0.3) is 0 Å². The zero-order valence-corrected chi connectivity index (χ0v) is 12.6. The number of nitrogens with two attached hydrogens (primary N) is 1. The molecule has 0 saturated heterocycles. The second-order valence-electron chi connectivity index (χ2n) is 5.47. The van der Waals surface area contributed by atoms with Gasteiger partial charge in [-0.2, -0.15) is 5.26 Å². The number of rotatable bonds is 2. The predicted molar refractivity (Wildman–Crippen MR) is 81.2 cm³/mol. The molecule has 1 heterocycles. The third-order valence-corrected chi connectivity index (χ3v) is 4.14. The highest BCUT2D eigenvalue weighted by Crippen LogP contribution is 2.44. The van der Waals surface area contributed by atoms with Crippen LogP contribution in [0.2, 0.25) is 0 Å². The van der Waals surface area contributed by atoms with Crippen molar-refractivity contribution in [2.24, 2.45) is 5.73 Å². The average molecular weight is 312 g/mol. The molecule has 1 atom stereocenters. The van der Waals surface area contributed by atoms with E-state index in [2.05, 4.69) is 0 Å². The van der Waals surface area contributed by atoms with Crippen molar-refractivity contribution in [2.75, 3.05) is 7.11 Å². The number of Topliss-reactive ketones (excluding diaryl/α,β-unsaturated/α-hetero) is 1. The second kappa shape index (κ2) is 5.69. The van der Waals surface area contributed by atoms with Crippen LogP contribution >= 0.6 is 0 Å². The number of hydrogen-bond donors (Lipinski definition) is 2. The van der Waals surface area contributed by atoms with Gasteiger partial charge in [-0.25, -0.2) is 0 Å². The monoisotopic (exact) mass is 312 g/mol. The van der Waals surface area contributed by atoms with Gasteiger partial charge in [0.1, 0.15) is 17.4 Å². The minimum Gasteiger partial charge on any atom is -0.504 e. The van der Waals surface area contributed by atoms with Gasteiger partial charge < -0.3 is 20.3 Å². The molecule has 3 N–H and O–H groups in total. The Morgan fingerprint density at radius 2 is 2.22 bits per heavy atom. The Bertz CT molecular complexity index is 786. The Hall–Kier alpha value is -2.94. The molecule has 1 aromatic carbocycles. The number of aromatic hydroxyl groups is 1. The molecule has 6 heteroatoms. The summed E-state index contributed by atoms with van der Waals surface area (Å²) in [6.07, 6.45) is 1.75. The van der Waals surface area contributed by atoms with Gasteiger partial charge in [-0.15, -0.1) is 0 Å². The van der Waals surface area contributed by atoms with Gasteiger partial charge in [0.25, 0.3) is 0 Å². The molecule has 3 rings (SSSR count). The summed E-state index contributed by atoms with van der Waals surface area (Å²) in [5.74, 6) is 0.195. The first-order valence-corrected chi connectivity index (χ1v) is 7.27. The molecule has 1 aliphatic heterocycles. The van der Waals surface area contributed by atoms with E-state index in [9.17, 15) is 15.2 Å². The topological polar surface area (TPSA) is 106 Å². The van der Waals surface area contributed by atoms with Crippen molar-refractivity contribution in [2.45, 2.75) is 25.2 Å². The SMILES string of the molecule is COc1cc([C@H]2C(C#N)=C(N)OC3=C2C(=O)CCC3)ccc1O. The number of hydrogen-bond acceptors (Lipinski definition) is 6. The third-order valence-electron chi connectivity index (χ3n) is 4.14. The minimum atomic E-state index is -0.592. The highest BCUT2D eigenvalue weighted by Gasteiger charge is 2.38. The van der Waals surface area contributed by atoms with Gasteiger partial charge in [-0.3, -0.25) is 4.79 Å². The largest absolute Gasteiger partial charge is 0.504 e. The zero-order valence-electron chi connectivity index (χ0n) is 12.6. The Morgan fingerprint density at radius 1 is 1.43 bits per heavy atom. The van der Waals surface area contributed by atoms with Crippen molar-refractivity contribution in [3.63, 3.8) is 0 Å². The molecule has 118 valence electrons. The standard InChI is InChI=1S/C17H16N2O4/c1-22-14-7-9(5-6-11(14)20)15-10(8-18)17(19)23-13-4-2-3-12(21)16(13)15/h5-7,15,20H,2-4,19H2,1H3/t15-/m0/s1. The summed E-state index contributed by atoms with van der Waals surface area (Å²) in [5, 5.41) is 19.2. The Balaban J connectivity index is 2.19. The highest BCUT2D eigenvalue weighted by molar-refractivity contribution is 5.99. The van der Waals surface area contributed by atoms with Crippen molar-refractivity contribution < 1.29 is 19.4 Å². The fourth-order valence-electron chi connectivity index (χ4n) is 3.06. The third kappa shape index (κ3) is 2.40. The molecule has 1 aromatic rings. The first-order valence-electron chi connectivity index (χ1n) is 7.27. The van der Waals surface area contributed by atoms with Crippen LogP contribution < -0.4 is 10.5 Å². The summed E-state index contributed by atoms with van der Waals surface area (Å²) in [5.41, 5.74) is 7.22. The van der Waals surface area contributed by atoms with Crippen molar-refractivity contribution in [3.8, 4) is 17.6 Å². The lowest BCUT2D eigenvalue weighted by Gasteiger charge is -2.31. The van der Waals surface area contributed by atoms with E-state index in [1.54, 1.807) is 12.1 Å². The van der Waals surface area contributed by atoms with Gasteiger partial charge in [-0.05, 0) is 24.1 Å². The van der Waals surface area contributed by atoms with Gasteiger partial charge in [0.05, 0.1) is 13.0 Å². The number of ether oxygens (including phenoxy) is 2. The minimum absolute atomic E-state index is 0.0112. The molecule has 0 unspecified atom stereocenters. The van der Waals surface area contributed by atoms with Crippen molar-refractivity contribution in [1.29, 1.82) is 5.26 Å². The molecule has 0 radical (unpaired) electrons. The second-order valence-corrected chi connectivity index (χ2v) is 5.47. The van der Waals surface area contributed by atoms with Gasteiger partial charge >= 0.3 is 0 Å². The van der Waals surface area contributed by atoms with Crippen LogP contribution in [0.3, 0.4) is 0 Å². The lowest BCUT2D eigenvalue weighted by molar-refractivity contribution is -0.116. The molecule has 1 aliphatic carbocycles. The number of ketones is 1. The number of phenolic OH excluding ortho intramolecular Hbond substituents is 1. The number of benzene rings is 1. The Morgan fingerprint density at radius 3 is 2.91 bits per heavy atom.